The number of hydrogen-bond acceptors (Lipinski definition) is 4. The van der Waals surface area contributed by atoms with Crippen LogP contribution in [0.4, 0.5) is 5.69 Å². The molecular weight excluding hydrogens is 318 g/mol. The summed E-state index contributed by atoms with van der Waals surface area (Å²) in [5.74, 6) is -1.14. The second-order valence-electron chi connectivity index (χ2n) is 7.02. The second kappa shape index (κ2) is 6.86. The van der Waals surface area contributed by atoms with Crippen LogP contribution in [0.5, 0.6) is 0 Å². The second-order valence-corrected chi connectivity index (χ2v) is 7.02. The van der Waals surface area contributed by atoms with Crippen molar-refractivity contribution in [2.45, 2.75) is 51.0 Å². The Morgan fingerprint density at radius 2 is 1.80 bits per heavy atom. The average molecular weight is 343 g/mol. The summed E-state index contributed by atoms with van der Waals surface area (Å²) in [7, 11) is 1.61. The van der Waals surface area contributed by atoms with Crippen molar-refractivity contribution < 1.29 is 14.7 Å². The van der Waals surface area contributed by atoms with E-state index in [-0.39, 0.29) is 5.91 Å². The molecule has 3 rings (SSSR count). The number of benzene rings is 1. The third kappa shape index (κ3) is 3.25. The molecule has 0 radical (unpaired) electrons. The first-order valence-corrected chi connectivity index (χ1v) is 8.87. The summed E-state index contributed by atoms with van der Waals surface area (Å²) < 4.78 is 0. The third-order valence-corrected chi connectivity index (χ3v) is 5.41. The van der Waals surface area contributed by atoms with Crippen molar-refractivity contribution in [3.05, 3.63) is 29.8 Å². The molecule has 1 N–H and O–H groups in total. The number of hydrazone groups is 1. The molecule has 1 aromatic carbocycles. The number of carbonyl (C=O) groups is 2. The molecule has 0 atom stereocenters. The number of hydrogen-bond donors (Lipinski definition) is 1. The van der Waals surface area contributed by atoms with Crippen molar-refractivity contribution >= 4 is 23.3 Å². The molecule has 134 valence electrons. The van der Waals surface area contributed by atoms with Crippen LogP contribution in [0.2, 0.25) is 0 Å². The van der Waals surface area contributed by atoms with Gasteiger partial charge in [-0.25, -0.2) is 4.79 Å². The van der Waals surface area contributed by atoms with E-state index in [1.54, 1.807) is 19.2 Å². The van der Waals surface area contributed by atoms with E-state index in [4.69, 9.17) is 0 Å². The van der Waals surface area contributed by atoms with Gasteiger partial charge in [0.2, 0.25) is 0 Å². The number of likely N-dealkylation sites (N-methyl/N-ethyl adjacent to an activating group) is 1. The van der Waals surface area contributed by atoms with E-state index in [0.29, 0.717) is 18.4 Å². The topological polar surface area (TPSA) is 73.2 Å². The van der Waals surface area contributed by atoms with Crippen LogP contribution < -0.4 is 5.01 Å². The van der Waals surface area contributed by atoms with Crippen LogP contribution in [-0.2, 0) is 4.79 Å². The van der Waals surface area contributed by atoms with Crippen molar-refractivity contribution in [3.8, 4) is 0 Å². The number of amides is 1. The minimum absolute atomic E-state index is 0.239. The molecule has 1 heterocycles. The standard InChI is InChI=1S/C19H25N3O3/c1-14-10-13-22(20-14)16-8-6-15(7-9-16)17(23)21(2)19(18(24)25)11-4-3-5-12-19/h6-9H,3-5,10-13H2,1-2H3,(H,24,25). The molecular formula is C19H25N3O3. The summed E-state index contributed by atoms with van der Waals surface area (Å²) in [6.45, 7) is 2.85. The van der Waals surface area contributed by atoms with E-state index in [2.05, 4.69) is 5.10 Å². The third-order valence-electron chi connectivity index (χ3n) is 5.41. The maximum absolute atomic E-state index is 12.9. The van der Waals surface area contributed by atoms with Crippen LogP contribution in [0.1, 0.15) is 55.8 Å². The molecule has 0 unspecified atom stereocenters. The minimum Gasteiger partial charge on any atom is -0.479 e. The molecule has 1 saturated carbocycles. The molecule has 6 nitrogen and oxygen atoms in total. The molecule has 0 spiro atoms. The van der Waals surface area contributed by atoms with Crippen LogP contribution in [0.3, 0.4) is 0 Å². The summed E-state index contributed by atoms with van der Waals surface area (Å²) in [4.78, 5) is 26.2. The normalized spacial score (nSPS) is 19.4. The molecule has 1 aliphatic heterocycles. The molecule has 1 aliphatic carbocycles. The fourth-order valence-electron chi connectivity index (χ4n) is 3.75. The number of anilines is 1. The predicted molar refractivity (Wildman–Crippen MR) is 97.1 cm³/mol. The highest BCUT2D eigenvalue weighted by atomic mass is 16.4. The van der Waals surface area contributed by atoms with Crippen molar-refractivity contribution in [1.82, 2.24) is 4.90 Å². The Morgan fingerprint density at radius 1 is 1.16 bits per heavy atom. The van der Waals surface area contributed by atoms with Gasteiger partial charge in [-0.1, -0.05) is 19.3 Å². The summed E-state index contributed by atoms with van der Waals surface area (Å²) in [5, 5.41) is 16.1. The van der Waals surface area contributed by atoms with Crippen molar-refractivity contribution in [1.29, 1.82) is 0 Å². The largest absolute Gasteiger partial charge is 0.479 e. The van der Waals surface area contributed by atoms with Gasteiger partial charge in [-0.05, 0) is 44.0 Å². The first-order valence-electron chi connectivity index (χ1n) is 8.87. The summed E-state index contributed by atoms with van der Waals surface area (Å²) in [6.07, 6.45) is 4.70. The predicted octanol–water partition coefficient (Wildman–Crippen LogP) is 3.13. The van der Waals surface area contributed by atoms with Gasteiger partial charge in [-0.2, -0.15) is 5.10 Å². The van der Waals surface area contributed by atoms with Gasteiger partial charge in [0.25, 0.3) is 5.91 Å². The maximum Gasteiger partial charge on any atom is 0.329 e. The van der Waals surface area contributed by atoms with E-state index in [9.17, 15) is 14.7 Å². The number of rotatable bonds is 4. The van der Waals surface area contributed by atoms with Gasteiger partial charge in [-0.15, -0.1) is 0 Å². The zero-order valence-corrected chi connectivity index (χ0v) is 14.9. The molecule has 6 heteroatoms. The molecule has 2 aliphatic rings. The Balaban J connectivity index is 1.79. The number of nitrogens with zero attached hydrogens (tertiary/aromatic N) is 3. The average Bonchev–Trinajstić information content (AvgIpc) is 3.07. The SMILES string of the molecule is CC1=NN(c2ccc(C(=O)N(C)C3(C(=O)O)CCCCC3)cc2)CC1. The molecule has 0 saturated heterocycles. The quantitative estimate of drug-likeness (QED) is 0.911. The van der Waals surface area contributed by atoms with Gasteiger partial charge in [0.1, 0.15) is 5.54 Å². The first kappa shape index (κ1) is 17.5. The van der Waals surface area contributed by atoms with E-state index in [0.717, 1.165) is 43.6 Å². The van der Waals surface area contributed by atoms with E-state index in [1.165, 1.54) is 4.90 Å². The zero-order valence-electron chi connectivity index (χ0n) is 14.9. The minimum atomic E-state index is -1.08. The molecule has 0 aromatic heterocycles. The molecule has 25 heavy (non-hydrogen) atoms. The lowest BCUT2D eigenvalue weighted by Gasteiger charge is -2.41. The number of carboxylic acid groups (broad SMARTS) is 1. The summed E-state index contributed by atoms with van der Waals surface area (Å²) in [5.41, 5.74) is 1.48. The highest BCUT2D eigenvalue weighted by Crippen LogP contribution is 2.34. The van der Waals surface area contributed by atoms with Crippen molar-refractivity contribution in [2.75, 3.05) is 18.6 Å². The van der Waals surface area contributed by atoms with Crippen LogP contribution in [0.25, 0.3) is 0 Å². The van der Waals surface area contributed by atoms with E-state index < -0.39 is 11.5 Å². The number of carbonyl (C=O) groups excluding carboxylic acids is 1. The summed E-state index contributed by atoms with van der Waals surface area (Å²) in [6, 6.07) is 7.26. The van der Waals surface area contributed by atoms with E-state index >= 15 is 0 Å². The lowest BCUT2D eigenvalue weighted by molar-refractivity contribution is -0.151. The Kier molecular flexibility index (Phi) is 4.79. The maximum atomic E-state index is 12.9. The zero-order chi connectivity index (χ0) is 18.0. The Labute approximate surface area is 148 Å². The smallest absolute Gasteiger partial charge is 0.329 e. The van der Waals surface area contributed by atoms with Gasteiger partial charge in [0.05, 0.1) is 5.69 Å². The lowest BCUT2D eigenvalue weighted by atomic mass is 9.80. The highest BCUT2D eigenvalue weighted by Gasteiger charge is 2.45. The molecule has 0 bridgehead atoms. The Bertz CT molecular complexity index is 690. The lowest BCUT2D eigenvalue weighted by Crippen LogP contribution is -2.56. The van der Waals surface area contributed by atoms with Crippen molar-refractivity contribution in [2.24, 2.45) is 5.10 Å². The van der Waals surface area contributed by atoms with Crippen LogP contribution in [0.15, 0.2) is 29.4 Å². The highest BCUT2D eigenvalue weighted by molar-refractivity contribution is 5.98. The van der Waals surface area contributed by atoms with Crippen LogP contribution in [-0.4, -0.2) is 46.7 Å². The summed E-state index contributed by atoms with van der Waals surface area (Å²) >= 11 is 0. The van der Waals surface area contributed by atoms with Gasteiger partial charge in [0, 0.05) is 31.3 Å². The van der Waals surface area contributed by atoms with Gasteiger partial charge >= 0.3 is 5.97 Å². The molecule has 1 fully saturated rings. The first-order chi connectivity index (χ1) is 11.9. The fourth-order valence-corrected chi connectivity index (χ4v) is 3.75. The van der Waals surface area contributed by atoms with Gasteiger partial charge in [-0.3, -0.25) is 9.80 Å². The number of carboxylic acids is 1. The van der Waals surface area contributed by atoms with Crippen LogP contribution in [0, 0.1) is 0 Å². The molecule has 1 aromatic rings. The Morgan fingerprint density at radius 3 is 2.32 bits per heavy atom. The molecule has 1 amide bonds. The van der Waals surface area contributed by atoms with Crippen molar-refractivity contribution in [3.63, 3.8) is 0 Å². The fraction of sp³-hybridized carbons (Fsp3) is 0.526. The van der Waals surface area contributed by atoms with Gasteiger partial charge < -0.3 is 10.0 Å². The number of aliphatic carboxylic acids is 1. The Hall–Kier alpha value is -2.37. The van der Waals surface area contributed by atoms with Gasteiger partial charge in [0.15, 0.2) is 0 Å². The van der Waals surface area contributed by atoms with Crippen LogP contribution >= 0.6 is 0 Å². The monoisotopic (exact) mass is 343 g/mol. The van der Waals surface area contributed by atoms with E-state index in [1.807, 2.05) is 24.1 Å².